The van der Waals surface area contributed by atoms with Gasteiger partial charge in [-0.05, 0) is 31.6 Å². The Morgan fingerprint density at radius 3 is 2.62 bits per heavy atom. The van der Waals surface area contributed by atoms with Gasteiger partial charge in [-0.2, -0.15) is 0 Å². The van der Waals surface area contributed by atoms with Crippen molar-refractivity contribution in [3.05, 3.63) is 23.3 Å². The topological polar surface area (TPSA) is 87.2 Å². The van der Waals surface area contributed by atoms with Crippen molar-refractivity contribution in [1.82, 2.24) is 25.5 Å². The number of aryl methyl sites for hydroxylation is 1. The Bertz CT molecular complexity index is 687. The highest BCUT2D eigenvalue weighted by Gasteiger charge is 2.36. The maximum Gasteiger partial charge on any atom is 0.254 e. The van der Waals surface area contributed by atoms with Gasteiger partial charge in [-0.25, -0.2) is 9.97 Å². The average Bonchev–Trinajstić information content (AvgIpc) is 3.37. The minimum atomic E-state index is -0.123. The Hall–Kier alpha value is -2.02. The molecule has 0 radical (unpaired) electrons. The first kappa shape index (κ1) is 18.8. The van der Waals surface area contributed by atoms with Crippen molar-refractivity contribution < 1.29 is 9.59 Å². The lowest BCUT2D eigenvalue weighted by Gasteiger charge is -2.23. The zero-order valence-electron chi connectivity index (χ0n) is 16.1. The van der Waals surface area contributed by atoms with Crippen LogP contribution in [0.15, 0.2) is 6.20 Å². The molecule has 1 aliphatic heterocycles. The Labute approximate surface area is 155 Å². The Kier molecular flexibility index (Phi) is 5.55. The number of likely N-dealkylation sites (tertiary alicyclic amines) is 1. The molecule has 2 fully saturated rings. The maximum atomic E-state index is 12.8. The quantitative estimate of drug-likeness (QED) is 0.794. The third-order valence-electron chi connectivity index (χ3n) is 5.44. The van der Waals surface area contributed by atoms with Crippen LogP contribution in [0.5, 0.6) is 0 Å². The number of hydrogen-bond acceptors (Lipinski definition) is 5. The zero-order chi connectivity index (χ0) is 18.8. The molecule has 7 nitrogen and oxygen atoms in total. The van der Waals surface area contributed by atoms with E-state index in [9.17, 15) is 9.59 Å². The van der Waals surface area contributed by atoms with Gasteiger partial charge in [0.2, 0.25) is 5.91 Å². The molecule has 1 saturated heterocycles. The third-order valence-corrected chi connectivity index (χ3v) is 5.44. The number of hydrogen-bond donors (Lipinski definition) is 2. The van der Waals surface area contributed by atoms with Gasteiger partial charge in [0.25, 0.3) is 5.91 Å². The predicted molar refractivity (Wildman–Crippen MR) is 98.8 cm³/mol. The highest BCUT2D eigenvalue weighted by atomic mass is 16.2. The van der Waals surface area contributed by atoms with E-state index in [0.717, 1.165) is 30.9 Å². The van der Waals surface area contributed by atoms with Gasteiger partial charge in [0.05, 0.1) is 17.8 Å². The highest BCUT2D eigenvalue weighted by molar-refractivity contribution is 5.95. The Morgan fingerprint density at radius 1 is 1.31 bits per heavy atom. The van der Waals surface area contributed by atoms with Crippen molar-refractivity contribution in [1.29, 1.82) is 0 Å². The molecule has 26 heavy (non-hydrogen) atoms. The van der Waals surface area contributed by atoms with Crippen LogP contribution in [0.2, 0.25) is 0 Å². The van der Waals surface area contributed by atoms with E-state index in [0.29, 0.717) is 36.4 Å². The fourth-order valence-corrected chi connectivity index (χ4v) is 3.65. The van der Waals surface area contributed by atoms with E-state index in [1.165, 1.54) is 0 Å². The van der Waals surface area contributed by atoms with Crippen molar-refractivity contribution in [2.75, 3.05) is 26.7 Å². The fraction of sp³-hybridized carbons (Fsp3) is 0.684. The molecule has 2 amide bonds. The number of carbonyl (C=O) groups is 2. The molecule has 1 aliphatic carbocycles. The molecular formula is C19H29N5O2. The molecule has 0 spiro atoms. The average molecular weight is 359 g/mol. The standard InChI is InChI=1S/C19H29N5O2/c1-11(2)15-8-24(10-17(25)20-4)9-16(15)23-19(26)14-7-21-18(13-5-6-13)22-12(14)3/h7,11,13,15-16H,5-6,8-10H2,1-4H3,(H,20,25)(H,23,26)/t15-,16+/m1/s1. The van der Waals surface area contributed by atoms with Crippen LogP contribution in [-0.4, -0.2) is 59.4 Å². The molecule has 1 saturated carbocycles. The molecule has 0 unspecified atom stereocenters. The predicted octanol–water partition coefficient (Wildman–Crippen LogP) is 1.09. The van der Waals surface area contributed by atoms with Gasteiger partial charge in [0.1, 0.15) is 5.82 Å². The van der Waals surface area contributed by atoms with Gasteiger partial charge in [0, 0.05) is 38.3 Å². The lowest BCUT2D eigenvalue weighted by molar-refractivity contribution is -0.121. The molecule has 1 aromatic heterocycles. The molecule has 142 valence electrons. The number of nitrogens with one attached hydrogen (secondary N) is 2. The van der Waals surface area contributed by atoms with E-state index in [1.807, 2.05) is 6.92 Å². The van der Waals surface area contributed by atoms with Crippen molar-refractivity contribution in [3.63, 3.8) is 0 Å². The van der Waals surface area contributed by atoms with Gasteiger partial charge >= 0.3 is 0 Å². The normalized spacial score (nSPS) is 23.3. The first-order valence-electron chi connectivity index (χ1n) is 9.46. The fourth-order valence-electron chi connectivity index (χ4n) is 3.65. The monoisotopic (exact) mass is 359 g/mol. The van der Waals surface area contributed by atoms with Gasteiger partial charge in [0.15, 0.2) is 0 Å². The van der Waals surface area contributed by atoms with Crippen LogP contribution in [0.3, 0.4) is 0 Å². The van der Waals surface area contributed by atoms with E-state index in [4.69, 9.17) is 0 Å². The summed E-state index contributed by atoms with van der Waals surface area (Å²) in [5.41, 5.74) is 1.28. The number of likely N-dealkylation sites (N-methyl/N-ethyl adjacent to an activating group) is 1. The lowest BCUT2D eigenvalue weighted by atomic mass is 9.91. The number of amides is 2. The molecule has 3 rings (SSSR count). The molecule has 1 aromatic rings. The smallest absolute Gasteiger partial charge is 0.254 e. The van der Waals surface area contributed by atoms with Crippen molar-refractivity contribution in [3.8, 4) is 0 Å². The summed E-state index contributed by atoms with van der Waals surface area (Å²) in [5.74, 6) is 1.95. The second-order valence-electron chi connectivity index (χ2n) is 7.86. The minimum absolute atomic E-state index is 0.000563. The summed E-state index contributed by atoms with van der Waals surface area (Å²) < 4.78 is 0. The summed E-state index contributed by atoms with van der Waals surface area (Å²) in [7, 11) is 1.64. The molecule has 7 heteroatoms. The van der Waals surface area contributed by atoms with Crippen LogP contribution >= 0.6 is 0 Å². The van der Waals surface area contributed by atoms with Gasteiger partial charge in [-0.1, -0.05) is 13.8 Å². The summed E-state index contributed by atoms with van der Waals surface area (Å²) in [4.78, 5) is 35.5. The van der Waals surface area contributed by atoms with E-state index < -0.39 is 0 Å². The van der Waals surface area contributed by atoms with Gasteiger partial charge in [-0.15, -0.1) is 0 Å². The van der Waals surface area contributed by atoms with Crippen LogP contribution < -0.4 is 10.6 Å². The number of aromatic nitrogens is 2. The van der Waals surface area contributed by atoms with Gasteiger partial charge in [-0.3, -0.25) is 14.5 Å². The maximum absolute atomic E-state index is 12.8. The number of nitrogens with zero attached hydrogens (tertiary/aromatic N) is 3. The van der Waals surface area contributed by atoms with Crippen LogP contribution in [-0.2, 0) is 4.79 Å². The second kappa shape index (κ2) is 7.70. The largest absolute Gasteiger partial charge is 0.358 e. The van der Waals surface area contributed by atoms with E-state index >= 15 is 0 Å². The molecule has 2 heterocycles. The van der Waals surface area contributed by atoms with E-state index in [-0.39, 0.29) is 17.9 Å². The highest BCUT2D eigenvalue weighted by Crippen LogP contribution is 2.38. The van der Waals surface area contributed by atoms with E-state index in [1.54, 1.807) is 13.2 Å². The zero-order valence-corrected chi connectivity index (χ0v) is 16.1. The lowest BCUT2D eigenvalue weighted by Crippen LogP contribution is -2.42. The summed E-state index contributed by atoms with van der Waals surface area (Å²) >= 11 is 0. The molecule has 2 atom stereocenters. The number of carbonyl (C=O) groups excluding carboxylic acids is 2. The SMILES string of the molecule is CNC(=O)CN1C[C@H](NC(=O)c2cnc(C3CC3)nc2C)[C@@H](C(C)C)C1. The Balaban J connectivity index is 1.67. The minimum Gasteiger partial charge on any atom is -0.358 e. The van der Waals surface area contributed by atoms with Crippen LogP contribution in [0, 0.1) is 18.8 Å². The molecule has 2 N–H and O–H groups in total. The summed E-state index contributed by atoms with van der Waals surface area (Å²) in [6.45, 7) is 8.05. The van der Waals surface area contributed by atoms with Crippen molar-refractivity contribution >= 4 is 11.8 Å². The summed E-state index contributed by atoms with van der Waals surface area (Å²) in [6.07, 6.45) is 3.95. The summed E-state index contributed by atoms with van der Waals surface area (Å²) in [5, 5.41) is 5.82. The molecule has 2 aliphatic rings. The first-order valence-corrected chi connectivity index (χ1v) is 9.46. The van der Waals surface area contributed by atoms with Crippen molar-refractivity contribution in [2.24, 2.45) is 11.8 Å². The van der Waals surface area contributed by atoms with E-state index in [2.05, 4.69) is 39.3 Å². The van der Waals surface area contributed by atoms with Crippen molar-refractivity contribution in [2.45, 2.75) is 45.6 Å². The molecule has 0 aromatic carbocycles. The summed E-state index contributed by atoms with van der Waals surface area (Å²) in [6, 6.07) is 0.0228. The molecular weight excluding hydrogens is 330 g/mol. The first-order chi connectivity index (χ1) is 12.4. The third kappa shape index (κ3) is 4.20. The number of rotatable bonds is 6. The molecule has 0 bridgehead atoms. The van der Waals surface area contributed by atoms with Gasteiger partial charge < -0.3 is 10.6 Å². The van der Waals surface area contributed by atoms with Crippen LogP contribution in [0.4, 0.5) is 0 Å². The van der Waals surface area contributed by atoms with Crippen LogP contribution in [0.1, 0.15) is 54.5 Å². The Morgan fingerprint density at radius 2 is 2.04 bits per heavy atom. The van der Waals surface area contributed by atoms with Crippen LogP contribution in [0.25, 0.3) is 0 Å². The second-order valence-corrected chi connectivity index (χ2v) is 7.86.